The maximum Gasteiger partial charge on any atom is 0.0801 e. The van der Waals surface area contributed by atoms with Crippen LogP contribution in [-0.2, 0) is 0 Å². The van der Waals surface area contributed by atoms with Gasteiger partial charge in [0.15, 0.2) is 0 Å². The lowest BCUT2D eigenvalue weighted by Gasteiger charge is -2.29. The molecule has 0 aliphatic carbocycles. The molecule has 19 heavy (non-hydrogen) atoms. The maximum absolute atomic E-state index is 10.1. The summed E-state index contributed by atoms with van der Waals surface area (Å²) in [5.41, 5.74) is 2.18. The third-order valence-electron chi connectivity index (χ3n) is 3.41. The van der Waals surface area contributed by atoms with Crippen LogP contribution in [0, 0.1) is 0 Å². The third kappa shape index (κ3) is 4.35. The molecule has 1 aliphatic heterocycles. The fourth-order valence-electron chi connectivity index (χ4n) is 2.27. The number of halogens is 2. The number of nitrogens with zero attached hydrogens (tertiary/aromatic N) is 1. The molecule has 106 valence electrons. The van der Waals surface area contributed by atoms with Gasteiger partial charge in [-0.25, -0.2) is 0 Å². The van der Waals surface area contributed by atoms with Gasteiger partial charge in [-0.15, -0.1) is 11.6 Å². The quantitative estimate of drug-likeness (QED) is 0.804. The van der Waals surface area contributed by atoms with E-state index in [0.29, 0.717) is 12.3 Å². The van der Waals surface area contributed by atoms with Gasteiger partial charge in [0, 0.05) is 42.6 Å². The Kier molecular flexibility index (Phi) is 5.95. The molecule has 0 spiro atoms. The fourth-order valence-corrected chi connectivity index (χ4v) is 2.75. The number of hydrogen-bond donors (Lipinski definition) is 2. The Bertz CT molecular complexity index is 382. The van der Waals surface area contributed by atoms with Gasteiger partial charge in [0.2, 0.25) is 0 Å². The van der Waals surface area contributed by atoms with Crippen molar-refractivity contribution < 1.29 is 5.11 Å². The highest BCUT2D eigenvalue weighted by Crippen LogP contribution is 2.25. The molecule has 2 N–H and O–H groups in total. The van der Waals surface area contributed by atoms with Crippen molar-refractivity contribution in [1.82, 2.24) is 5.32 Å². The van der Waals surface area contributed by atoms with E-state index in [1.807, 2.05) is 12.1 Å². The van der Waals surface area contributed by atoms with Crippen LogP contribution in [0.3, 0.4) is 0 Å². The molecule has 1 saturated heterocycles. The summed E-state index contributed by atoms with van der Waals surface area (Å²) in [5.74, 6) is 0.510. The lowest BCUT2D eigenvalue weighted by atomic mass is 10.0. The second kappa shape index (κ2) is 7.48. The molecule has 0 bridgehead atoms. The smallest absolute Gasteiger partial charge is 0.0801 e. The first kappa shape index (κ1) is 15.1. The zero-order chi connectivity index (χ0) is 13.7. The summed E-state index contributed by atoms with van der Waals surface area (Å²) in [5, 5.41) is 13.5. The Morgan fingerprint density at radius 3 is 2.47 bits per heavy atom. The van der Waals surface area contributed by atoms with Crippen molar-refractivity contribution in [2.24, 2.45) is 0 Å². The van der Waals surface area contributed by atoms with Crippen molar-refractivity contribution in [3.05, 3.63) is 29.8 Å². The van der Waals surface area contributed by atoms with Crippen LogP contribution in [0.1, 0.15) is 18.1 Å². The van der Waals surface area contributed by atoms with E-state index in [2.05, 4.69) is 38.3 Å². The Morgan fingerprint density at radius 1 is 1.26 bits per heavy atom. The predicted octanol–water partition coefficient (Wildman–Crippen LogP) is 2.52. The molecule has 2 rings (SSSR count). The Balaban J connectivity index is 1.97. The third-order valence-corrected chi connectivity index (χ3v) is 4.85. The van der Waals surface area contributed by atoms with Crippen LogP contribution in [0.4, 0.5) is 5.69 Å². The van der Waals surface area contributed by atoms with Gasteiger partial charge < -0.3 is 15.3 Å². The Labute approximate surface area is 128 Å². The lowest BCUT2D eigenvalue weighted by molar-refractivity contribution is 0.169. The van der Waals surface area contributed by atoms with Gasteiger partial charge in [-0.2, -0.15) is 0 Å². The van der Waals surface area contributed by atoms with Crippen molar-refractivity contribution in [3.63, 3.8) is 0 Å². The van der Waals surface area contributed by atoms with Gasteiger partial charge >= 0.3 is 0 Å². The van der Waals surface area contributed by atoms with E-state index in [4.69, 9.17) is 11.6 Å². The Morgan fingerprint density at radius 2 is 1.89 bits per heavy atom. The molecule has 0 aromatic heterocycles. The predicted molar refractivity (Wildman–Crippen MR) is 84.5 cm³/mol. The minimum absolute atomic E-state index is 0.150. The molecule has 1 aromatic carbocycles. The maximum atomic E-state index is 10.1. The zero-order valence-corrected chi connectivity index (χ0v) is 13.2. The molecular formula is C14H20BrClN2O. The van der Waals surface area contributed by atoms with Crippen LogP contribution >= 0.6 is 27.5 Å². The number of hydrogen-bond acceptors (Lipinski definition) is 3. The molecule has 3 nitrogen and oxygen atoms in total. The summed E-state index contributed by atoms with van der Waals surface area (Å²) in [7, 11) is 0. The van der Waals surface area contributed by atoms with Crippen LogP contribution in [0.5, 0.6) is 0 Å². The highest BCUT2D eigenvalue weighted by Gasteiger charge is 2.14. The van der Waals surface area contributed by atoms with Crippen LogP contribution < -0.4 is 10.2 Å². The fraction of sp³-hybridized carbons (Fsp3) is 0.571. The van der Waals surface area contributed by atoms with Crippen molar-refractivity contribution >= 4 is 33.2 Å². The van der Waals surface area contributed by atoms with Gasteiger partial charge in [0.25, 0.3) is 0 Å². The normalized spacial score (nSPS) is 19.2. The van der Waals surface area contributed by atoms with Crippen molar-refractivity contribution in [1.29, 1.82) is 0 Å². The van der Waals surface area contributed by atoms with E-state index >= 15 is 0 Å². The van der Waals surface area contributed by atoms with Gasteiger partial charge in [-0.1, -0.05) is 28.1 Å². The number of aliphatic hydroxyl groups is 1. The lowest BCUT2D eigenvalue weighted by Crippen LogP contribution is -2.43. The molecule has 0 amide bonds. The summed E-state index contributed by atoms with van der Waals surface area (Å²) in [4.78, 5) is 2.51. The molecule has 1 fully saturated rings. The molecule has 0 radical (unpaired) electrons. The van der Waals surface area contributed by atoms with E-state index < -0.39 is 6.10 Å². The molecule has 1 heterocycles. The van der Waals surface area contributed by atoms with E-state index in [-0.39, 0.29) is 4.83 Å². The number of aliphatic hydroxyl groups excluding tert-OH is 1. The average Bonchev–Trinajstić information content (AvgIpc) is 2.48. The monoisotopic (exact) mass is 346 g/mol. The first-order valence-corrected chi connectivity index (χ1v) is 8.09. The first-order chi connectivity index (χ1) is 9.20. The molecule has 1 aliphatic rings. The summed E-state index contributed by atoms with van der Waals surface area (Å²) in [6, 6.07) is 8.20. The number of alkyl halides is 2. The van der Waals surface area contributed by atoms with Crippen LogP contribution in [0.15, 0.2) is 24.3 Å². The molecule has 2 unspecified atom stereocenters. The van der Waals surface area contributed by atoms with Crippen LogP contribution in [0.25, 0.3) is 0 Å². The summed E-state index contributed by atoms with van der Waals surface area (Å²) in [6.45, 7) is 4.14. The zero-order valence-electron chi connectivity index (χ0n) is 10.9. The van der Waals surface area contributed by atoms with Crippen molar-refractivity contribution in [3.8, 4) is 0 Å². The first-order valence-electron chi connectivity index (χ1n) is 6.64. The number of benzene rings is 1. The highest BCUT2D eigenvalue weighted by molar-refractivity contribution is 9.09. The second-order valence-corrected chi connectivity index (χ2v) is 6.44. The SMILES string of the molecule is OC(CC(Br)CCl)c1ccc(N2CCNCC2)cc1. The van der Waals surface area contributed by atoms with Gasteiger partial charge in [0.1, 0.15) is 0 Å². The van der Waals surface area contributed by atoms with Crippen LogP contribution in [0.2, 0.25) is 0 Å². The minimum Gasteiger partial charge on any atom is -0.388 e. The number of piperazine rings is 1. The van der Waals surface area contributed by atoms with Gasteiger partial charge in [-0.3, -0.25) is 0 Å². The van der Waals surface area contributed by atoms with E-state index in [9.17, 15) is 5.11 Å². The second-order valence-electron chi connectivity index (χ2n) is 4.83. The average molecular weight is 348 g/mol. The number of anilines is 1. The van der Waals surface area contributed by atoms with Crippen molar-refractivity contribution in [2.45, 2.75) is 17.4 Å². The molecule has 5 heteroatoms. The largest absolute Gasteiger partial charge is 0.388 e. The van der Waals surface area contributed by atoms with E-state index in [1.54, 1.807) is 0 Å². The molecule has 0 saturated carbocycles. The van der Waals surface area contributed by atoms with Crippen LogP contribution in [-0.4, -0.2) is 42.0 Å². The molecule has 1 aromatic rings. The van der Waals surface area contributed by atoms with Gasteiger partial charge in [0.05, 0.1) is 6.10 Å². The van der Waals surface area contributed by atoms with E-state index in [1.165, 1.54) is 5.69 Å². The topological polar surface area (TPSA) is 35.5 Å². The molecular weight excluding hydrogens is 328 g/mol. The Hall–Kier alpha value is -0.290. The molecule has 2 atom stereocenters. The highest BCUT2D eigenvalue weighted by atomic mass is 79.9. The van der Waals surface area contributed by atoms with E-state index in [0.717, 1.165) is 31.7 Å². The number of rotatable bonds is 5. The van der Waals surface area contributed by atoms with Gasteiger partial charge in [-0.05, 0) is 24.1 Å². The summed E-state index contributed by atoms with van der Waals surface area (Å²) >= 11 is 9.18. The summed E-state index contributed by atoms with van der Waals surface area (Å²) < 4.78 is 0. The number of nitrogens with one attached hydrogen (secondary N) is 1. The summed E-state index contributed by atoms with van der Waals surface area (Å²) in [6.07, 6.45) is 0.177. The standard InChI is InChI=1S/C14H20BrClN2O/c15-12(10-16)9-14(19)11-1-3-13(4-2-11)18-7-5-17-6-8-18/h1-4,12,14,17,19H,5-10H2. The van der Waals surface area contributed by atoms with Crippen molar-refractivity contribution in [2.75, 3.05) is 37.0 Å². The minimum atomic E-state index is -0.458.